The first-order chi connectivity index (χ1) is 8.95. The fraction of sp³-hybridized carbons (Fsp3) is 0.923. The summed E-state index contributed by atoms with van der Waals surface area (Å²) in [5.74, 6) is 0.520. The molecule has 0 bridgehead atoms. The number of hydrogen-bond donors (Lipinski definition) is 1. The molecule has 1 atom stereocenters. The normalized spacial score (nSPS) is 13.7. The Labute approximate surface area is 181 Å². The molecule has 1 N–H and O–H groups in total. The van der Waals surface area contributed by atoms with Gasteiger partial charge in [0.2, 0.25) is 0 Å². The van der Waals surface area contributed by atoms with E-state index in [4.69, 9.17) is 34.3 Å². The first kappa shape index (κ1) is 24.3. The van der Waals surface area contributed by atoms with Gasteiger partial charge in [0, 0.05) is 10.9 Å². The van der Waals surface area contributed by atoms with Gasteiger partial charge in [-0.25, -0.2) is 0 Å². The smallest absolute Gasteiger partial charge is 0.512 e. The molecule has 0 amide bonds. The number of hydrogen-bond acceptors (Lipinski definition) is 6. The van der Waals surface area contributed by atoms with Gasteiger partial charge in [-0.3, -0.25) is 5.32 Å². The Morgan fingerprint density at radius 2 is 2.10 bits per heavy atom. The van der Waals surface area contributed by atoms with E-state index in [1.165, 1.54) is 0 Å². The van der Waals surface area contributed by atoms with Crippen LogP contribution in [0.1, 0.15) is 40.0 Å². The van der Waals surface area contributed by atoms with Crippen molar-refractivity contribution in [2.75, 3.05) is 26.0 Å². The first-order valence-electron chi connectivity index (χ1n) is 6.73. The van der Waals surface area contributed by atoms with Crippen LogP contribution in [0.3, 0.4) is 0 Å². The molecule has 0 fully saturated rings. The molecular formula is C13H26KNO2S3. The van der Waals surface area contributed by atoms with Crippen LogP contribution >= 0.6 is 24.0 Å². The fourth-order valence-corrected chi connectivity index (χ4v) is 2.48. The van der Waals surface area contributed by atoms with Crippen LogP contribution in [0.15, 0.2) is 0 Å². The van der Waals surface area contributed by atoms with Gasteiger partial charge in [-0.05, 0) is 25.0 Å². The third-order valence-corrected chi connectivity index (χ3v) is 3.92. The summed E-state index contributed by atoms with van der Waals surface area (Å²) in [6.07, 6.45) is 5.34. The molecule has 114 valence electrons. The topological polar surface area (TPSA) is 30.5 Å². The summed E-state index contributed by atoms with van der Waals surface area (Å²) < 4.78 is 11.4. The van der Waals surface area contributed by atoms with E-state index in [0.717, 1.165) is 25.9 Å². The van der Waals surface area contributed by atoms with Gasteiger partial charge in [-0.1, -0.05) is 27.2 Å². The maximum atomic E-state index is 6.09. The number of rotatable bonds is 11. The van der Waals surface area contributed by atoms with Gasteiger partial charge in [0.15, 0.2) is 5.06 Å². The Balaban J connectivity index is 0. The maximum absolute atomic E-state index is 6.09. The molecule has 20 heavy (non-hydrogen) atoms. The maximum Gasteiger partial charge on any atom is 1.00 e. The van der Waals surface area contributed by atoms with E-state index in [0.29, 0.717) is 19.1 Å². The standard InChI is InChI=1S/C13H27NO2S3.K/c1-5-6-7-13(19-4,16-10-11(2)3)14-8-9-15-12(17)18;/h11,14H,5-10H2,1-4H3,(H,17,18);/q;+1/p-1. The monoisotopic (exact) mass is 363 g/mol. The molecule has 0 saturated carbocycles. The molecule has 0 rings (SSSR count). The first-order valence-corrected chi connectivity index (χ1v) is 8.77. The van der Waals surface area contributed by atoms with Gasteiger partial charge in [-0.15, -0.1) is 11.8 Å². The SMILES string of the molecule is CCCCC(NCCOC(=S)[S-])(OCC(C)C)SC.[K+]. The van der Waals surface area contributed by atoms with Crippen molar-refractivity contribution in [1.29, 1.82) is 0 Å². The van der Waals surface area contributed by atoms with Crippen molar-refractivity contribution in [3.63, 3.8) is 0 Å². The van der Waals surface area contributed by atoms with Crippen molar-refractivity contribution in [3.8, 4) is 0 Å². The Bertz CT molecular complexity index is 258. The predicted octanol–water partition coefficient (Wildman–Crippen LogP) is 0.308. The van der Waals surface area contributed by atoms with E-state index in [9.17, 15) is 0 Å². The molecule has 0 aliphatic rings. The second kappa shape index (κ2) is 14.6. The quantitative estimate of drug-likeness (QED) is 0.187. The van der Waals surface area contributed by atoms with Crippen molar-refractivity contribution >= 4 is 41.0 Å². The van der Waals surface area contributed by atoms with Gasteiger partial charge in [-0.2, -0.15) is 0 Å². The summed E-state index contributed by atoms with van der Waals surface area (Å²) in [7, 11) is 0. The van der Waals surface area contributed by atoms with E-state index in [-0.39, 0.29) is 60.8 Å². The Morgan fingerprint density at radius 3 is 2.55 bits per heavy atom. The van der Waals surface area contributed by atoms with Gasteiger partial charge in [0.1, 0.15) is 0 Å². The summed E-state index contributed by atoms with van der Waals surface area (Å²) >= 11 is 11.1. The molecule has 0 spiro atoms. The Hall–Kier alpha value is 2.02. The van der Waals surface area contributed by atoms with E-state index >= 15 is 0 Å². The number of thioether (sulfide) groups is 1. The molecule has 0 heterocycles. The van der Waals surface area contributed by atoms with Crippen LogP contribution in [-0.4, -0.2) is 35.5 Å². The van der Waals surface area contributed by atoms with Gasteiger partial charge in [0.25, 0.3) is 0 Å². The van der Waals surface area contributed by atoms with Gasteiger partial charge >= 0.3 is 51.4 Å². The number of ether oxygens (including phenoxy) is 2. The van der Waals surface area contributed by atoms with Crippen LogP contribution in [0, 0.1) is 5.92 Å². The number of unbranched alkanes of at least 4 members (excludes halogenated alkanes) is 1. The van der Waals surface area contributed by atoms with Crippen LogP contribution in [0.2, 0.25) is 0 Å². The molecule has 0 radical (unpaired) electrons. The molecule has 0 aromatic heterocycles. The molecule has 0 aliphatic carbocycles. The van der Waals surface area contributed by atoms with Crippen LogP contribution in [0.25, 0.3) is 0 Å². The van der Waals surface area contributed by atoms with Gasteiger partial charge in [0.05, 0.1) is 13.2 Å². The third kappa shape index (κ3) is 12.5. The zero-order chi connectivity index (χ0) is 14.7. The summed E-state index contributed by atoms with van der Waals surface area (Å²) in [4.78, 5) is 0. The van der Waals surface area contributed by atoms with Crippen LogP contribution in [-0.2, 0) is 22.1 Å². The molecule has 7 heteroatoms. The van der Waals surface area contributed by atoms with Crippen LogP contribution in [0.5, 0.6) is 0 Å². The fourth-order valence-electron chi connectivity index (χ4n) is 1.53. The molecule has 1 unspecified atom stereocenters. The zero-order valence-electron chi connectivity index (χ0n) is 13.4. The summed E-state index contributed by atoms with van der Waals surface area (Å²) in [6.45, 7) is 8.42. The summed E-state index contributed by atoms with van der Waals surface area (Å²) in [6, 6.07) is 0. The van der Waals surface area contributed by atoms with E-state index in [1.807, 2.05) is 0 Å². The van der Waals surface area contributed by atoms with Crippen LogP contribution < -0.4 is 56.7 Å². The third-order valence-electron chi connectivity index (χ3n) is 2.56. The molecule has 3 nitrogen and oxygen atoms in total. The van der Waals surface area contributed by atoms with E-state index in [2.05, 4.69) is 32.3 Å². The second-order valence-corrected chi connectivity index (χ2v) is 6.86. The molecular weight excluding hydrogens is 337 g/mol. The van der Waals surface area contributed by atoms with Crippen molar-refractivity contribution in [2.24, 2.45) is 5.92 Å². The summed E-state index contributed by atoms with van der Waals surface area (Å²) in [5.41, 5.74) is 0. The minimum absolute atomic E-state index is 0. The van der Waals surface area contributed by atoms with Crippen molar-refractivity contribution in [1.82, 2.24) is 5.32 Å². The Morgan fingerprint density at radius 1 is 1.45 bits per heavy atom. The average Bonchev–Trinajstić information content (AvgIpc) is 2.37. The van der Waals surface area contributed by atoms with Crippen molar-refractivity contribution in [2.45, 2.75) is 45.1 Å². The average molecular weight is 364 g/mol. The molecule has 0 aliphatic heterocycles. The minimum atomic E-state index is -0.327. The van der Waals surface area contributed by atoms with Crippen molar-refractivity contribution < 1.29 is 60.9 Å². The van der Waals surface area contributed by atoms with Crippen molar-refractivity contribution in [3.05, 3.63) is 0 Å². The minimum Gasteiger partial charge on any atom is -0.512 e. The van der Waals surface area contributed by atoms with E-state index < -0.39 is 0 Å². The largest absolute Gasteiger partial charge is 1.00 e. The summed E-state index contributed by atoms with van der Waals surface area (Å²) in [5, 5.41) is 3.11. The van der Waals surface area contributed by atoms with E-state index in [1.54, 1.807) is 11.8 Å². The Kier molecular flexibility index (Phi) is 17.7. The molecule has 0 saturated heterocycles. The zero-order valence-corrected chi connectivity index (χ0v) is 18.9. The second-order valence-electron chi connectivity index (χ2n) is 4.79. The molecule has 0 aromatic rings. The number of nitrogens with one attached hydrogen (secondary N) is 1. The predicted molar refractivity (Wildman–Crippen MR) is 90.5 cm³/mol. The molecule has 0 aromatic carbocycles. The van der Waals surface area contributed by atoms with Crippen LogP contribution in [0.4, 0.5) is 0 Å². The van der Waals surface area contributed by atoms with Gasteiger partial charge < -0.3 is 34.3 Å². The number of thiocarbonyl (C=S) groups is 1.